The van der Waals surface area contributed by atoms with Crippen molar-refractivity contribution >= 4 is 23.8 Å². The third kappa shape index (κ3) is 4.67. The SMILES string of the molecule is CC(=O)NC(=Cc1ccccc1)C(=O)N1CCNC(=O)CC1C. The highest BCUT2D eigenvalue weighted by Crippen LogP contribution is 2.13. The van der Waals surface area contributed by atoms with Crippen molar-refractivity contribution in [2.24, 2.45) is 0 Å². The van der Waals surface area contributed by atoms with E-state index in [1.54, 1.807) is 11.0 Å². The quantitative estimate of drug-likeness (QED) is 0.814. The lowest BCUT2D eigenvalue weighted by Crippen LogP contribution is -2.43. The summed E-state index contributed by atoms with van der Waals surface area (Å²) in [5.74, 6) is -0.661. The molecule has 2 N–H and O–H groups in total. The van der Waals surface area contributed by atoms with Gasteiger partial charge in [-0.3, -0.25) is 14.4 Å². The molecule has 1 heterocycles. The molecule has 0 aromatic heterocycles. The first-order chi connectivity index (χ1) is 11.0. The average molecular weight is 315 g/mol. The third-order valence-electron chi connectivity index (χ3n) is 3.60. The van der Waals surface area contributed by atoms with Crippen molar-refractivity contribution in [3.63, 3.8) is 0 Å². The van der Waals surface area contributed by atoms with Crippen LogP contribution in [-0.4, -0.2) is 41.8 Å². The van der Waals surface area contributed by atoms with Crippen LogP contribution in [0, 0.1) is 0 Å². The Bertz CT molecular complexity index is 625. The zero-order valence-corrected chi connectivity index (χ0v) is 13.3. The first-order valence-corrected chi connectivity index (χ1v) is 7.59. The molecule has 1 unspecified atom stereocenters. The monoisotopic (exact) mass is 315 g/mol. The van der Waals surface area contributed by atoms with Gasteiger partial charge in [-0.05, 0) is 18.6 Å². The maximum Gasteiger partial charge on any atom is 0.270 e. The number of benzene rings is 1. The summed E-state index contributed by atoms with van der Waals surface area (Å²) in [7, 11) is 0. The van der Waals surface area contributed by atoms with Gasteiger partial charge in [0, 0.05) is 32.5 Å². The summed E-state index contributed by atoms with van der Waals surface area (Å²) in [6, 6.07) is 9.08. The van der Waals surface area contributed by atoms with E-state index in [-0.39, 0.29) is 35.9 Å². The van der Waals surface area contributed by atoms with Crippen LogP contribution in [0.2, 0.25) is 0 Å². The number of hydrogen-bond acceptors (Lipinski definition) is 3. The Morgan fingerprint density at radius 1 is 1.30 bits per heavy atom. The van der Waals surface area contributed by atoms with Crippen LogP contribution in [0.15, 0.2) is 36.0 Å². The van der Waals surface area contributed by atoms with Crippen LogP contribution in [0.25, 0.3) is 6.08 Å². The van der Waals surface area contributed by atoms with E-state index in [4.69, 9.17) is 0 Å². The van der Waals surface area contributed by atoms with Crippen LogP contribution < -0.4 is 10.6 Å². The molecule has 1 aliphatic rings. The normalized spacial score (nSPS) is 18.9. The predicted octanol–water partition coefficient (Wildman–Crippen LogP) is 0.901. The van der Waals surface area contributed by atoms with Crippen LogP contribution in [0.3, 0.4) is 0 Å². The fraction of sp³-hybridized carbons (Fsp3) is 0.353. The topological polar surface area (TPSA) is 78.5 Å². The van der Waals surface area contributed by atoms with E-state index in [0.29, 0.717) is 13.1 Å². The number of amides is 3. The molecule has 0 aliphatic carbocycles. The summed E-state index contributed by atoms with van der Waals surface area (Å²) >= 11 is 0. The molecule has 122 valence electrons. The van der Waals surface area contributed by atoms with E-state index < -0.39 is 0 Å². The molecule has 3 amide bonds. The summed E-state index contributed by atoms with van der Waals surface area (Å²) in [6.07, 6.45) is 1.90. The van der Waals surface area contributed by atoms with Gasteiger partial charge in [0.1, 0.15) is 5.70 Å². The second kappa shape index (κ2) is 7.58. The van der Waals surface area contributed by atoms with Crippen molar-refractivity contribution in [3.05, 3.63) is 41.6 Å². The Morgan fingerprint density at radius 2 is 2.00 bits per heavy atom. The number of nitrogens with one attached hydrogen (secondary N) is 2. The fourth-order valence-electron chi connectivity index (χ4n) is 2.50. The second-order valence-corrected chi connectivity index (χ2v) is 5.55. The van der Waals surface area contributed by atoms with Gasteiger partial charge in [0.15, 0.2) is 0 Å². The summed E-state index contributed by atoms with van der Waals surface area (Å²) in [6.45, 7) is 4.02. The van der Waals surface area contributed by atoms with Crippen molar-refractivity contribution in [2.45, 2.75) is 26.3 Å². The predicted molar refractivity (Wildman–Crippen MR) is 87.0 cm³/mol. The maximum absolute atomic E-state index is 12.8. The molecule has 1 saturated heterocycles. The van der Waals surface area contributed by atoms with Crippen molar-refractivity contribution in [1.82, 2.24) is 15.5 Å². The summed E-state index contributed by atoms with van der Waals surface area (Å²) in [4.78, 5) is 37.4. The molecule has 23 heavy (non-hydrogen) atoms. The number of nitrogens with zero attached hydrogens (tertiary/aromatic N) is 1. The van der Waals surface area contributed by atoms with Crippen LogP contribution in [0.4, 0.5) is 0 Å². The Balaban J connectivity index is 2.27. The molecule has 1 aliphatic heterocycles. The van der Waals surface area contributed by atoms with Crippen molar-refractivity contribution in [2.75, 3.05) is 13.1 Å². The number of carbonyl (C=O) groups excluding carboxylic acids is 3. The van der Waals surface area contributed by atoms with E-state index in [9.17, 15) is 14.4 Å². The smallest absolute Gasteiger partial charge is 0.270 e. The van der Waals surface area contributed by atoms with Gasteiger partial charge in [-0.1, -0.05) is 30.3 Å². The Kier molecular flexibility index (Phi) is 5.51. The Morgan fingerprint density at radius 3 is 2.65 bits per heavy atom. The van der Waals surface area contributed by atoms with Crippen molar-refractivity contribution < 1.29 is 14.4 Å². The maximum atomic E-state index is 12.8. The van der Waals surface area contributed by atoms with Gasteiger partial charge in [0.2, 0.25) is 11.8 Å². The zero-order chi connectivity index (χ0) is 16.8. The van der Waals surface area contributed by atoms with Gasteiger partial charge in [-0.15, -0.1) is 0 Å². The number of carbonyl (C=O) groups is 3. The Hall–Kier alpha value is -2.63. The van der Waals surface area contributed by atoms with Gasteiger partial charge >= 0.3 is 0 Å². The van der Waals surface area contributed by atoms with Crippen LogP contribution >= 0.6 is 0 Å². The summed E-state index contributed by atoms with van der Waals surface area (Å²) in [5.41, 5.74) is 1.03. The minimum atomic E-state index is -0.308. The van der Waals surface area contributed by atoms with Gasteiger partial charge in [0.05, 0.1) is 0 Å². The molecule has 2 rings (SSSR count). The molecule has 1 aromatic carbocycles. The highest BCUT2D eigenvalue weighted by atomic mass is 16.2. The Labute approximate surface area is 135 Å². The third-order valence-corrected chi connectivity index (χ3v) is 3.60. The second-order valence-electron chi connectivity index (χ2n) is 5.55. The van der Waals surface area contributed by atoms with Crippen molar-refractivity contribution in [3.8, 4) is 0 Å². The lowest BCUT2D eigenvalue weighted by Gasteiger charge is -2.27. The zero-order valence-electron chi connectivity index (χ0n) is 13.3. The molecule has 6 nitrogen and oxygen atoms in total. The first-order valence-electron chi connectivity index (χ1n) is 7.59. The molecular weight excluding hydrogens is 294 g/mol. The van der Waals surface area contributed by atoms with Gasteiger partial charge in [-0.2, -0.15) is 0 Å². The van der Waals surface area contributed by atoms with Crippen LogP contribution in [0.5, 0.6) is 0 Å². The molecule has 1 aromatic rings. The lowest BCUT2D eigenvalue weighted by atomic mass is 10.1. The van der Waals surface area contributed by atoms with Crippen LogP contribution in [0.1, 0.15) is 25.8 Å². The first kappa shape index (κ1) is 16.7. The van der Waals surface area contributed by atoms with E-state index in [1.807, 2.05) is 37.3 Å². The molecule has 0 saturated carbocycles. The van der Waals surface area contributed by atoms with E-state index in [0.717, 1.165) is 5.56 Å². The van der Waals surface area contributed by atoms with Crippen LogP contribution in [-0.2, 0) is 14.4 Å². The molecule has 6 heteroatoms. The van der Waals surface area contributed by atoms with Gasteiger partial charge in [-0.25, -0.2) is 0 Å². The number of rotatable bonds is 3. The standard InChI is InChI=1S/C17H21N3O3/c1-12-10-16(22)18-8-9-20(12)17(23)15(19-13(2)21)11-14-6-4-3-5-7-14/h3-7,11-12H,8-10H2,1-2H3,(H,18,22)(H,19,21). The lowest BCUT2D eigenvalue weighted by molar-refractivity contribution is -0.131. The van der Waals surface area contributed by atoms with E-state index in [1.165, 1.54) is 6.92 Å². The molecule has 0 bridgehead atoms. The van der Waals surface area contributed by atoms with Gasteiger partial charge in [0.25, 0.3) is 5.91 Å². The summed E-state index contributed by atoms with van der Waals surface area (Å²) in [5, 5.41) is 5.35. The number of hydrogen-bond donors (Lipinski definition) is 2. The van der Waals surface area contributed by atoms with Gasteiger partial charge < -0.3 is 15.5 Å². The molecule has 1 fully saturated rings. The van der Waals surface area contributed by atoms with E-state index in [2.05, 4.69) is 10.6 Å². The summed E-state index contributed by atoms with van der Waals surface area (Å²) < 4.78 is 0. The fourth-order valence-corrected chi connectivity index (χ4v) is 2.50. The highest BCUT2D eigenvalue weighted by molar-refractivity contribution is 6.01. The average Bonchev–Trinajstić information content (AvgIpc) is 2.67. The largest absolute Gasteiger partial charge is 0.354 e. The molecular formula is C17H21N3O3. The molecule has 0 spiro atoms. The highest BCUT2D eigenvalue weighted by Gasteiger charge is 2.27. The van der Waals surface area contributed by atoms with E-state index >= 15 is 0 Å². The molecule has 1 atom stereocenters. The van der Waals surface area contributed by atoms with Crippen molar-refractivity contribution in [1.29, 1.82) is 0 Å². The minimum absolute atomic E-state index is 0.0686. The molecule has 0 radical (unpaired) electrons. The minimum Gasteiger partial charge on any atom is -0.354 e.